The fraction of sp³-hybridized carbons (Fsp3) is 0.385. The molecular weight excluding hydrogens is 220 g/mol. The molecule has 0 aromatic heterocycles. The van der Waals surface area contributed by atoms with Gasteiger partial charge < -0.3 is 9.47 Å². The Hall–Kier alpha value is -1.84. The van der Waals surface area contributed by atoms with Crippen molar-refractivity contribution >= 4 is 11.9 Å². The number of unbranched alkanes of at least 4 members (excludes halogenated alkanes) is 2. The topological polar surface area (TPSA) is 52.6 Å². The van der Waals surface area contributed by atoms with Gasteiger partial charge in [-0.25, -0.2) is 9.59 Å². The molecule has 0 amide bonds. The second kappa shape index (κ2) is 10.7. The van der Waals surface area contributed by atoms with Crippen molar-refractivity contribution in [1.29, 1.82) is 0 Å². The predicted molar refractivity (Wildman–Crippen MR) is 65.1 cm³/mol. The zero-order valence-corrected chi connectivity index (χ0v) is 10.2. The first-order valence-corrected chi connectivity index (χ1v) is 5.49. The van der Waals surface area contributed by atoms with E-state index in [-0.39, 0.29) is 0 Å². The number of ether oxygens (including phenoxy) is 2. The van der Waals surface area contributed by atoms with E-state index in [0.717, 1.165) is 31.4 Å². The molecule has 0 bridgehead atoms. The van der Waals surface area contributed by atoms with E-state index in [1.165, 1.54) is 13.4 Å². The Kier molecular flexibility index (Phi) is 9.52. The van der Waals surface area contributed by atoms with Crippen LogP contribution in [0, 0.1) is 0 Å². The van der Waals surface area contributed by atoms with Gasteiger partial charge in [-0.2, -0.15) is 0 Å². The van der Waals surface area contributed by atoms with E-state index in [1.807, 2.05) is 12.2 Å². The Bertz CT molecular complexity index is 313. The molecule has 0 unspecified atom stereocenters. The number of esters is 2. The molecule has 4 heteroatoms. The van der Waals surface area contributed by atoms with Crippen molar-refractivity contribution in [2.45, 2.75) is 26.2 Å². The smallest absolute Gasteiger partial charge is 0.335 e. The molecule has 0 rings (SSSR count). The molecule has 0 atom stereocenters. The van der Waals surface area contributed by atoms with Gasteiger partial charge >= 0.3 is 11.9 Å². The van der Waals surface area contributed by atoms with E-state index < -0.39 is 11.9 Å². The molecule has 0 radical (unpaired) electrons. The van der Waals surface area contributed by atoms with Crippen molar-refractivity contribution in [3.05, 3.63) is 36.6 Å². The lowest BCUT2D eigenvalue weighted by Crippen LogP contribution is -1.98. The van der Waals surface area contributed by atoms with Crippen LogP contribution in [-0.4, -0.2) is 19.0 Å². The zero-order valence-electron chi connectivity index (χ0n) is 10.2. The Morgan fingerprint density at radius 1 is 1.12 bits per heavy atom. The maximum atomic E-state index is 11.0. The number of allylic oxidation sites excluding steroid dienone is 3. The van der Waals surface area contributed by atoms with Crippen LogP contribution in [0.5, 0.6) is 0 Å². The first-order chi connectivity index (χ1) is 8.20. The highest BCUT2D eigenvalue weighted by Gasteiger charge is 1.96. The number of hydrogen-bond donors (Lipinski definition) is 0. The van der Waals surface area contributed by atoms with Crippen LogP contribution in [0.2, 0.25) is 0 Å². The number of methoxy groups -OCH3 is 1. The highest BCUT2D eigenvalue weighted by Crippen LogP contribution is 1.95. The van der Waals surface area contributed by atoms with E-state index in [2.05, 4.69) is 16.4 Å². The Balaban J connectivity index is 3.76. The monoisotopic (exact) mass is 238 g/mol. The molecule has 0 aliphatic carbocycles. The molecule has 0 aliphatic heterocycles. The molecule has 0 aromatic carbocycles. The second-order valence-electron chi connectivity index (χ2n) is 3.19. The minimum absolute atomic E-state index is 0.592. The third kappa shape index (κ3) is 10.4. The van der Waals surface area contributed by atoms with Gasteiger partial charge in [-0.3, -0.25) is 0 Å². The van der Waals surface area contributed by atoms with Crippen molar-refractivity contribution in [2.24, 2.45) is 0 Å². The fourth-order valence-electron chi connectivity index (χ4n) is 0.892. The number of hydrogen-bond acceptors (Lipinski definition) is 4. The van der Waals surface area contributed by atoms with Crippen LogP contribution < -0.4 is 0 Å². The molecule has 0 heterocycles. The standard InChI is InChI=1S/C13H18O4/c1-3-4-5-6-7-8-11-17-13(15)10-9-12(14)16-2/h6-11H,3-5H2,1-2H3/b7-6?,10-9-,11-8?. The van der Waals surface area contributed by atoms with Crippen LogP contribution in [0.25, 0.3) is 0 Å². The van der Waals surface area contributed by atoms with Gasteiger partial charge in [-0.15, -0.1) is 0 Å². The van der Waals surface area contributed by atoms with Gasteiger partial charge in [0.25, 0.3) is 0 Å². The zero-order chi connectivity index (χ0) is 12.9. The SMILES string of the molecule is CCCCC=CC=COC(=O)/C=C\C(=O)OC. The van der Waals surface area contributed by atoms with Crippen molar-refractivity contribution in [2.75, 3.05) is 7.11 Å². The van der Waals surface area contributed by atoms with Crippen molar-refractivity contribution in [1.82, 2.24) is 0 Å². The summed E-state index contributed by atoms with van der Waals surface area (Å²) in [5, 5.41) is 0. The van der Waals surface area contributed by atoms with Gasteiger partial charge in [-0.05, 0) is 12.5 Å². The molecule has 94 valence electrons. The van der Waals surface area contributed by atoms with Crippen LogP contribution >= 0.6 is 0 Å². The quantitative estimate of drug-likeness (QED) is 0.225. The third-order valence-corrected chi connectivity index (χ3v) is 1.79. The molecule has 0 fully saturated rings. The maximum absolute atomic E-state index is 11.0. The van der Waals surface area contributed by atoms with Crippen LogP contribution in [0.4, 0.5) is 0 Å². The van der Waals surface area contributed by atoms with E-state index in [4.69, 9.17) is 0 Å². The lowest BCUT2D eigenvalue weighted by atomic mass is 10.2. The normalized spacial score (nSPS) is 11.4. The molecule has 0 aromatic rings. The first-order valence-electron chi connectivity index (χ1n) is 5.49. The fourth-order valence-corrected chi connectivity index (χ4v) is 0.892. The number of rotatable bonds is 7. The summed E-state index contributed by atoms with van der Waals surface area (Å²) in [7, 11) is 1.24. The lowest BCUT2D eigenvalue weighted by molar-refractivity contribution is -0.136. The van der Waals surface area contributed by atoms with Gasteiger partial charge in [0.1, 0.15) is 0 Å². The minimum atomic E-state index is -0.617. The Morgan fingerprint density at radius 2 is 1.82 bits per heavy atom. The molecular formula is C13H18O4. The summed E-state index contributed by atoms with van der Waals surface area (Å²) in [6.07, 6.45) is 12.0. The molecule has 17 heavy (non-hydrogen) atoms. The van der Waals surface area contributed by atoms with Crippen molar-refractivity contribution in [3.8, 4) is 0 Å². The summed E-state index contributed by atoms with van der Waals surface area (Å²) < 4.78 is 9.00. The van der Waals surface area contributed by atoms with Crippen LogP contribution in [0.1, 0.15) is 26.2 Å². The summed E-state index contributed by atoms with van der Waals surface area (Å²) in [6.45, 7) is 2.12. The van der Waals surface area contributed by atoms with Crippen LogP contribution in [-0.2, 0) is 19.1 Å². The summed E-state index contributed by atoms with van der Waals surface area (Å²) in [5.41, 5.74) is 0. The molecule has 0 saturated carbocycles. The van der Waals surface area contributed by atoms with E-state index >= 15 is 0 Å². The first kappa shape index (κ1) is 15.2. The van der Waals surface area contributed by atoms with Gasteiger partial charge in [0.15, 0.2) is 0 Å². The van der Waals surface area contributed by atoms with Gasteiger partial charge in [0.2, 0.25) is 0 Å². The summed E-state index contributed by atoms with van der Waals surface area (Å²) >= 11 is 0. The van der Waals surface area contributed by atoms with Gasteiger partial charge in [-0.1, -0.05) is 31.9 Å². The summed E-state index contributed by atoms with van der Waals surface area (Å²) in [4.78, 5) is 21.7. The van der Waals surface area contributed by atoms with Gasteiger partial charge in [0, 0.05) is 12.2 Å². The number of carbonyl (C=O) groups excluding carboxylic acids is 2. The van der Waals surface area contributed by atoms with Crippen molar-refractivity contribution < 1.29 is 19.1 Å². The summed E-state index contributed by atoms with van der Waals surface area (Å²) in [6, 6.07) is 0. The average molecular weight is 238 g/mol. The van der Waals surface area contributed by atoms with Gasteiger partial charge in [0.05, 0.1) is 13.4 Å². The highest BCUT2D eigenvalue weighted by molar-refractivity contribution is 5.91. The van der Waals surface area contributed by atoms with E-state index in [1.54, 1.807) is 6.08 Å². The van der Waals surface area contributed by atoms with Crippen LogP contribution in [0.3, 0.4) is 0 Å². The molecule has 0 saturated heterocycles. The molecule has 4 nitrogen and oxygen atoms in total. The largest absolute Gasteiger partial charge is 0.466 e. The second-order valence-corrected chi connectivity index (χ2v) is 3.19. The van der Waals surface area contributed by atoms with Crippen LogP contribution in [0.15, 0.2) is 36.6 Å². The molecule has 0 N–H and O–H groups in total. The highest BCUT2D eigenvalue weighted by atomic mass is 16.5. The number of carbonyl (C=O) groups is 2. The molecule has 0 spiro atoms. The Labute approximate surface area is 102 Å². The lowest BCUT2D eigenvalue weighted by Gasteiger charge is -1.91. The third-order valence-electron chi connectivity index (χ3n) is 1.79. The summed E-state index contributed by atoms with van der Waals surface area (Å²) in [5.74, 6) is -1.21. The average Bonchev–Trinajstić information content (AvgIpc) is 2.34. The van der Waals surface area contributed by atoms with E-state index in [0.29, 0.717) is 0 Å². The van der Waals surface area contributed by atoms with Crippen molar-refractivity contribution in [3.63, 3.8) is 0 Å². The van der Waals surface area contributed by atoms with E-state index in [9.17, 15) is 9.59 Å². The molecule has 0 aliphatic rings. The minimum Gasteiger partial charge on any atom is -0.466 e. The Morgan fingerprint density at radius 3 is 2.47 bits per heavy atom. The predicted octanol–water partition coefficient (Wildman–Crippen LogP) is 2.52. The maximum Gasteiger partial charge on any atom is 0.335 e.